The van der Waals surface area contributed by atoms with Gasteiger partial charge in [-0.1, -0.05) is 12.2 Å². The third-order valence-electron chi connectivity index (χ3n) is 1.05. The molecule has 0 aliphatic carbocycles. The molecule has 0 bridgehead atoms. The predicted octanol–water partition coefficient (Wildman–Crippen LogP) is 1.78. The average Bonchev–Trinajstić information content (AvgIpc) is 1.85. The van der Waals surface area contributed by atoms with Gasteiger partial charge in [-0.15, -0.1) is 13.2 Å². The van der Waals surface area contributed by atoms with Crippen molar-refractivity contribution in [3.63, 3.8) is 0 Å². The molecule has 0 unspecified atom stereocenters. The van der Waals surface area contributed by atoms with Gasteiger partial charge < -0.3 is 9.47 Å². The van der Waals surface area contributed by atoms with E-state index in [4.69, 9.17) is 9.47 Å². The Morgan fingerprint density at radius 2 is 1.55 bits per heavy atom. The molecule has 1 rings (SSSR count). The second kappa shape index (κ2) is 9.40. The lowest BCUT2D eigenvalue weighted by atomic mass is 10.4. The third-order valence-corrected chi connectivity index (χ3v) is 1.05. The highest BCUT2D eigenvalue weighted by molar-refractivity contribution is 4.68. The van der Waals surface area contributed by atoms with Crippen LogP contribution in [-0.2, 0) is 9.47 Å². The monoisotopic (exact) mass is 156 g/mol. The van der Waals surface area contributed by atoms with Gasteiger partial charge in [-0.05, 0) is 6.42 Å². The molecule has 2 nitrogen and oxygen atoms in total. The fraction of sp³-hybridized carbons (Fsp3) is 0.556. The molecule has 0 aromatic heterocycles. The Bertz CT molecular complexity index is 83.7. The van der Waals surface area contributed by atoms with E-state index in [9.17, 15) is 0 Å². The minimum absolute atomic E-state index is 0.617. The van der Waals surface area contributed by atoms with Crippen LogP contribution in [0.1, 0.15) is 6.42 Å². The second-order valence-corrected chi connectivity index (χ2v) is 2.08. The van der Waals surface area contributed by atoms with E-state index in [1.807, 2.05) is 0 Å². The van der Waals surface area contributed by atoms with Crippen molar-refractivity contribution in [2.45, 2.75) is 6.42 Å². The van der Waals surface area contributed by atoms with Gasteiger partial charge in [0.1, 0.15) is 0 Å². The van der Waals surface area contributed by atoms with Gasteiger partial charge in [0, 0.05) is 13.2 Å². The standard InChI is InChI=1S/C6H10O.C3H6O/c1-3-5-7-6-4-2;1-2-4-3-1/h3-4H,1-2,5-6H2;1-3H2. The molecule has 0 saturated carbocycles. The van der Waals surface area contributed by atoms with Crippen molar-refractivity contribution in [2.75, 3.05) is 26.4 Å². The minimum atomic E-state index is 0.617. The van der Waals surface area contributed by atoms with Crippen LogP contribution in [0.4, 0.5) is 0 Å². The first-order chi connectivity index (χ1) is 5.41. The van der Waals surface area contributed by atoms with Crippen molar-refractivity contribution in [3.8, 4) is 0 Å². The summed E-state index contributed by atoms with van der Waals surface area (Å²) in [5.41, 5.74) is 0. The molecule has 0 atom stereocenters. The Balaban J connectivity index is 0.000000207. The van der Waals surface area contributed by atoms with E-state index in [0.29, 0.717) is 13.2 Å². The fourth-order valence-corrected chi connectivity index (χ4v) is 0.379. The fourth-order valence-electron chi connectivity index (χ4n) is 0.379. The van der Waals surface area contributed by atoms with Crippen LogP contribution in [0, 0.1) is 0 Å². The smallest absolute Gasteiger partial charge is 0.0649 e. The van der Waals surface area contributed by atoms with Gasteiger partial charge >= 0.3 is 0 Å². The van der Waals surface area contributed by atoms with Crippen LogP contribution >= 0.6 is 0 Å². The topological polar surface area (TPSA) is 18.5 Å². The highest BCUT2D eigenvalue weighted by atomic mass is 16.5. The summed E-state index contributed by atoms with van der Waals surface area (Å²) < 4.78 is 9.62. The quantitative estimate of drug-likeness (QED) is 0.456. The summed E-state index contributed by atoms with van der Waals surface area (Å²) in [6.07, 6.45) is 4.70. The number of rotatable bonds is 4. The molecule has 0 amide bonds. The lowest BCUT2D eigenvalue weighted by Crippen LogP contribution is -2.09. The van der Waals surface area contributed by atoms with Gasteiger partial charge in [0.2, 0.25) is 0 Å². The average molecular weight is 156 g/mol. The lowest BCUT2D eigenvalue weighted by molar-refractivity contribution is 0.0367. The summed E-state index contributed by atoms with van der Waals surface area (Å²) in [4.78, 5) is 0. The molecule has 1 aliphatic rings. The van der Waals surface area contributed by atoms with Crippen LogP contribution in [0.5, 0.6) is 0 Å². The Morgan fingerprint density at radius 3 is 1.73 bits per heavy atom. The SMILES string of the molecule is C1COC1.C=CCOCC=C. The van der Waals surface area contributed by atoms with Crippen molar-refractivity contribution in [3.05, 3.63) is 25.3 Å². The van der Waals surface area contributed by atoms with Gasteiger partial charge in [0.05, 0.1) is 13.2 Å². The van der Waals surface area contributed by atoms with Gasteiger partial charge in [-0.3, -0.25) is 0 Å². The number of hydrogen-bond donors (Lipinski definition) is 0. The highest BCUT2D eigenvalue weighted by Crippen LogP contribution is 1.93. The molecule has 1 saturated heterocycles. The lowest BCUT2D eigenvalue weighted by Gasteiger charge is -2.09. The van der Waals surface area contributed by atoms with E-state index in [2.05, 4.69) is 13.2 Å². The molecule has 2 heteroatoms. The molecule has 11 heavy (non-hydrogen) atoms. The number of hydrogen-bond acceptors (Lipinski definition) is 2. The van der Waals surface area contributed by atoms with Gasteiger partial charge in [0.15, 0.2) is 0 Å². The zero-order valence-electron chi connectivity index (χ0n) is 6.92. The largest absolute Gasteiger partial charge is 0.381 e. The van der Waals surface area contributed by atoms with Crippen LogP contribution in [0.25, 0.3) is 0 Å². The Labute approximate surface area is 68.5 Å². The molecule has 1 aliphatic heterocycles. The van der Waals surface area contributed by atoms with E-state index in [0.717, 1.165) is 13.2 Å². The van der Waals surface area contributed by atoms with Crippen LogP contribution in [0.2, 0.25) is 0 Å². The summed E-state index contributed by atoms with van der Waals surface area (Å²) in [6.45, 7) is 10.2. The summed E-state index contributed by atoms with van der Waals surface area (Å²) >= 11 is 0. The molecule has 1 fully saturated rings. The summed E-state index contributed by atoms with van der Waals surface area (Å²) in [7, 11) is 0. The third kappa shape index (κ3) is 9.40. The van der Waals surface area contributed by atoms with E-state index >= 15 is 0 Å². The van der Waals surface area contributed by atoms with Gasteiger partial charge in [0.25, 0.3) is 0 Å². The minimum Gasteiger partial charge on any atom is -0.381 e. The van der Waals surface area contributed by atoms with E-state index in [1.165, 1.54) is 6.42 Å². The Hall–Kier alpha value is -0.600. The molecule has 0 aromatic rings. The van der Waals surface area contributed by atoms with E-state index in [1.54, 1.807) is 12.2 Å². The van der Waals surface area contributed by atoms with Crippen LogP contribution in [0.15, 0.2) is 25.3 Å². The van der Waals surface area contributed by atoms with Gasteiger partial charge in [-0.2, -0.15) is 0 Å². The van der Waals surface area contributed by atoms with Crippen LogP contribution in [-0.4, -0.2) is 26.4 Å². The maximum absolute atomic E-state index is 4.90. The van der Waals surface area contributed by atoms with Crippen molar-refractivity contribution >= 4 is 0 Å². The van der Waals surface area contributed by atoms with Crippen molar-refractivity contribution < 1.29 is 9.47 Å². The molecule has 0 spiro atoms. The predicted molar refractivity (Wildman–Crippen MR) is 46.6 cm³/mol. The molecule has 0 radical (unpaired) electrons. The second-order valence-electron chi connectivity index (χ2n) is 2.08. The molecular formula is C9H16O2. The van der Waals surface area contributed by atoms with Crippen molar-refractivity contribution in [1.82, 2.24) is 0 Å². The van der Waals surface area contributed by atoms with E-state index in [-0.39, 0.29) is 0 Å². The Kier molecular flexibility index (Phi) is 8.89. The zero-order valence-corrected chi connectivity index (χ0v) is 6.92. The van der Waals surface area contributed by atoms with Crippen molar-refractivity contribution in [1.29, 1.82) is 0 Å². The van der Waals surface area contributed by atoms with E-state index < -0.39 is 0 Å². The summed E-state index contributed by atoms with van der Waals surface area (Å²) in [5.74, 6) is 0. The summed E-state index contributed by atoms with van der Waals surface area (Å²) in [6, 6.07) is 0. The zero-order chi connectivity index (χ0) is 8.36. The first-order valence-corrected chi connectivity index (χ1v) is 3.79. The normalized spacial score (nSPS) is 13.8. The first-order valence-electron chi connectivity index (χ1n) is 3.79. The number of ether oxygens (including phenoxy) is 2. The molecular weight excluding hydrogens is 140 g/mol. The van der Waals surface area contributed by atoms with Crippen LogP contribution in [0.3, 0.4) is 0 Å². The molecule has 1 heterocycles. The molecule has 0 aromatic carbocycles. The highest BCUT2D eigenvalue weighted by Gasteiger charge is 1.94. The molecule has 64 valence electrons. The maximum atomic E-state index is 4.90. The molecule has 0 N–H and O–H groups in total. The summed E-state index contributed by atoms with van der Waals surface area (Å²) in [5, 5.41) is 0. The maximum Gasteiger partial charge on any atom is 0.0649 e. The Morgan fingerprint density at radius 1 is 1.18 bits per heavy atom. The first kappa shape index (κ1) is 10.4. The van der Waals surface area contributed by atoms with Crippen LogP contribution < -0.4 is 0 Å². The van der Waals surface area contributed by atoms with Gasteiger partial charge in [-0.25, -0.2) is 0 Å². The van der Waals surface area contributed by atoms with Crippen molar-refractivity contribution in [2.24, 2.45) is 0 Å².